The zero-order valence-electron chi connectivity index (χ0n) is 5.84. The molecule has 0 aromatic carbocycles. The van der Waals surface area contributed by atoms with E-state index in [2.05, 4.69) is 20.5 Å². The highest BCUT2D eigenvalue weighted by Crippen LogP contribution is 2.07. The Morgan fingerprint density at radius 1 is 1.58 bits per heavy atom. The molecule has 2 aromatic rings. The number of rotatable bonds is 0. The highest BCUT2D eigenvalue weighted by Gasteiger charge is 2.06. The van der Waals surface area contributed by atoms with Crippen LogP contribution in [-0.2, 0) is 0 Å². The Labute approximate surface area is 66.4 Å². The third-order valence-electron chi connectivity index (χ3n) is 1.39. The Kier molecular flexibility index (Phi) is 1.15. The van der Waals surface area contributed by atoms with Gasteiger partial charge in [0.15, 0.2) is 0 Å². The van der Waals surface area contributed by atoms with Gasteiger partial charge in [0.2, 0.25) is 0 Å². The predicted octanol–water partition coefficient (Wildman–Crippen LogP) is -1.03. The van der Waals surface area contributed by atoms with Crippen LogP contribution < -0.4 is 5.73 Å². The van der Waals surface area contributed by atoms with Gasteiger partial charge >= 0.3 is 0 Å². The second-order valence-electron chi connectivity index (χ2n) is 2.06. The summed E-state index contributed by atoms with van der Waals surface area (Å²) in [6.45, 7) is 0. The van der Waals surface area contributed by atoms with Crippen LogP contribution in [0.2, 0.25) is 0 Å². The molecule has 2 aromatic heterocycles. The van der Waals surface area contributed by atoms with Gasteiger partial charge in [0.05, 0.1) is 6.20 Å². The highest BCUT2D eigenvalue weighted by molar-refractivity contribution is 5.51. The standard InChI is InChI=1S/C5H3N7/c6-1-3-2-8-5-9-10-11-12(5)4(3)7/h2H,7H2. The quantitative estimate of drug-likeness (QED) is 0.529. The van der Waals surface area contributed by atoms with Crippen molar-refractivity contribution in [1.82, 2.24) is 25.0 Å². The number of hydrogen-bond donors (Lipinski definition) is 1. The molecule has 0 unspecified atom stereocenters. The smallest absolute Gasteiger partial charge is 0.275 e. The average molecular weight is 161 g/mol. The van der Waals surface area contributed by atoms with E-state index < -0.39 is 0 Å². The molecule has 7 heteroatoms. The van der Waals surface area contributed by atoms with Crippen LogP contribution in [0.5, 0.6) is 0 Å². The van der Waals surface area contributed by atoms with Gasteiger partial charge < -0.3 is 5.73 Å². The van der Waals surface area contributed by atoms with Crippen molar-refractivity contribution in [3.63, 3.8) is 0 Å². The van der Waals surface area contributed by atoms with Gasteiger partial charge in [-0.25, -0.2) is 4.98 Å². The Morgan fingerprint density at radius 3 is 3.17 bits per heavy atom. The highest BCUT2D eigenvalue weighted by atomic mass is 15.5. The third-order valence-corrected chi connectivity index (χ3v) is 1.39. The molecule has 0 aliphatic carbocycles. The van der Waals surface area contributed by atoms with Crippen LogP contribution in [0.3, 0.4) is 0 Å². The summed E-state index contributed by atoms with van der Waals surface area (Å²) in [4.78, 5) is 3.80. The Balaban J connectivity index is 2.89. The lowest BCUT2D eigenvalue weighted by atomic mass is 10.3. The topological polar surface area (TPSA) is 106 Å². The van der Waals surface area contributed by atoms with Crippen molar-refractivity contribution in [1.29, 1.82) is 5.26 Å². The molecule has 12 heavy (non-hydrogen) atoms. The van der Waals surface area contributed by atoms with E-state index in [0.717, 1.165) is 0 Å². The Morgan fingerprint density at radius 2 is 2.42 bits per heavy atom. The molecule has 0 fully saturated rings. The van der Waals surface area contributed by atoms with Gasteiger partial charge in [-0.05, 0) is 10.4 Å². The molecular weight excluding hydrogens is 158 g/mol. The van der Waals surface area contributed by atoms with Crippen molar-refractivity contribution in [3.05, 3.63) is 11.8 Å². The summed E-state index contributed by atoms with van der Waals surface area (Å²) in [5.41, 5.74) is 5.79. The lowest BCUT2D eigenvalue weighted by Gasteiger charge is -1.95. The maximum Gasteiger partial charge on any atom is 0.275 e. The normalized spacial score (nSPS) is 9.92. The van der Waals surface area contributed by atoms with Crippen LogP contribution in [-0.4, -0.2) is 25.0 Å². The van der Waals surface area contributed by atoms with Crippen LogP contribution in [0, 0.1) is 11.3 Å². The fourth-order valence-corrected chi connectivity index (χ4v) is 0.807. The molecule has 2 heterocycles. The van der Waals surface area contributed by atoms with E-state index in [1.54, 1.807) is 0 Å². The molecule has 2 N–H and O–H groups in total. The summed E-state index contributed by atoms with van der Waals surface area (Å²) in [6.07, 6.45) is 1.33. The fraction of sp³-hybridized carbons (Fsp3) is 0. The number of tetrazole rings is 1. The minimum Gasteiger partial charge on any atom is -0.382 e. The first kappa shape index (κ1) is 6.48. The van der Waals surface area contributed by atoms with E-state index in [1.165, 1.54) is 10.7 Å². The molecule has 0 spiro atoms. The van der Waals surface area contributed by atoms with E-state index in [0.29, 0.717) is 0 Å². The maximum absolute atomic E-state index is 8.56. The second-order valence-corrected chi connectivity index (χ2v) is 2.06. The van der Waals surface area contributed by atoms with Gasteiger partial charge in [0.25, 0.3) is 5.78 Å². The first-order valence-electron chi connectivity index (χ1n) is 3.05. The van der Waals surface area contributed by atoms with E-state index >= 15 is 0 Å². The molecule has 0 aliphatic rings. The van der Waals surface area contributed by atoms with E-state index in [-0.39, 0.29) is 17.2 Å². The number of fused-ring (bicyclic) bond motifs is 1. The summed E-state index contributed by atoms with van der Waals surface area (Å²) in [7, 11) is 0. The molecule has 58 valence electrons. The van der Waals surface area contributed by atoms with E-state index in [9.17, 15) is 0 Å². The lowest BCUT2D eigenvalue weighted by molar-refractivity contribution is 0.826. The second kappa shape index (κ2) is 2.13. The molecule has 0 amide bonds. The molecule has 0 saturated heterocycles. The van der Waals surface area contributed by atoms with Crippen molar-refractivity contribution >= 4 is 11.6 Å². The van der Waals surface area contributed by atoms with Crippen molar-refractivity contribution in [2.24, 2.45) is 0 Å². The fourth-order valence-electron chi connectivity index (χ4n) is 0.807. The van der Waals surface area contributed by atoms with Gasteiger partial charge in [-0.15, -0.1) is 0 Å². The first-order valence-corrected chi connectivity index (χ1v) is 3.05. The molecule has 0 aliphatic heterocycles. The van der Waals surface area contributed by atoms with Gasteiger partial charge in [-0.3, -0.25) is 0 Å². The van der Waals surface area contributed by atoms with Gasteiger partial charge in [-0.2, -0.15) is 9.78 Å². The molecule has 2 rings (SSSR count). The first-order chi connectivity index (χ1) is 5.83. The SMILES string of the molecule is N#Cc1cnc2nnnn2c1N. The molecule has 0 radical (unpaired) electrons. The summed E-state index contributed by atoms with van der Waals surface area (Å²) in [5, 5.41) is 19.0. The minimum absolute atomic E-state index is 0.201. The number of anilines is 1. The van der Waals surface area contributed by atoms with Crippen LogP contribution in [0.25, 0.3) is 5.78 Å². The number of nitriles is 1. The summed E-state index contributed by atoms with van der Waals surface area (Å²) in [6, 6.07) is 1.87. The number of nitrogens with zero attached hydrogens (tertiary/aromatic N) is 6. The van der Waals surface area contributed by atoms with Crippen LogP contribution >= 0.6 is 0 Å². The van der Waals surface area contributed by atoms with Crippen molar-refractivity contribution in [2.45, 2.75) is 0 Å². The zero-order valence-corrected chi connectivity index (χ0v) is 5.84. The summed E-state index contributed by atoms with van der Waals surface area (Å²) < 4.78 is 1.21. The predicted molar refractivity (Wildman–Crippen MR) is 37.7 cm³/mol. The molecular formula is C5H3N7. The molecule has 7 nitrogen and oxygen atoms in total. The summed E-state index contributed by atoms with van der Waals surface area (Å²) in [5.74, 6) is 0.485. The average Bonchev–Trinajstić information content (AvgIpc) is 2.53. The molecule has 0 atom stereocenters. The van der Waals surface area contributed by atoms with Gasteiger partial charge in [-0.1, -0.05) is 5.10 Å². The zero-order chi connectivity index (χ0) is 8.55. The van der Waals surface area contributed by atoms with Crippen molar-refractivity contribution in [2.75, 3.05) is 5.73 Å². The van der Waals surface area contributed by atoms with Crippen LogP contribution in [0.1, 0.15) is 5.56 Å². The number of aromatic nitrogens is 5. The van der Waals surface area contributed by atoms with Crippen molar-refractivity contribution < 1.29 is 0 Å². The molecule has 0 saturated carbocycles. The van der Waals surface area contributed by atoms with Crippen LogP contribution in [0.4, 0.5) is 5.82 Å². The van der Waals surface area contributed by atoms with Crippen LogP contribution in [0.15, 0.2) is 6.20 Å². The van der Waals surface area contributed by atoms with E-state index in [4.69, 9.17) is 11.0 Å². The maximum atomic E-state index is 8.56. The van der Waals surface area contributed by atoms with Gasteiger partial charge in [0.1, 0.15) is 17.5 Å². The molecule has 0 bridgehead atoms. The number of nitrogen functional groups attached to an aromatic ring is 1. The monoisotopic (exact) mass is 161 g/mol. The Hall–Kier alpha value is -2.23. The summed E-state index contributed by atoms with van der Waals surface area (Å²) >= 11 is 0. The Bertz CT molecular complexity index is 464. The lowest BCUT2D eigenvalue weighted by Crippen LogP contribution is -2.03. The number of nitrogens with two attached hydrogens (primary N) is 1. The van der Waals surface area contributed by atoms with Crippen molar-refractivity contribution in [3.8, 4) is 6.07 Å². The van der Waals surface area contributed by atoms with Gasteiger partial charge in [0, 0.05) is 0 Å². The largest absolute Gasteiger partial charge is 0.382 e. The number of hydrogen-bond acceptors (Lipinski definition) is 6. The third kappa shape index (κ3) is 0.687. The minimum atomic E-state index is 0.201. The van der Waals surface area contributed by atoms with E-state index in [1.807, 2.05) is 6.07 Å².